The maximum Gasteiger partial charge on any atom is 0.416 e. The zero-order valence-corrected chi connectivity index (χ0v) is 14.2. The molecule has 0 aliphatic rings. The van der Waals surface area contributed by atoms with Crippen LogP contribution in [0.25, 0.3) is 5.57 Å². The number of rotatable bonds is 6. The van der Waals surface area contributed by atoms with Gasteiger partial charge in [0, 0.05) is 17.8 Å². The minimum Gasteiger partial charge on any atom is -0.478 e. The van der Waals surface area contributed by atoms with E-state index in [-0.39, 0.29) is 0 Å². The molecule has 2 aromatic rings. The van der Waals surface area contributed by atoms with Crippen LogP contribution in [0.15, 0.2) is 60.8 Å². The standard InChI is InChI=1S/C20H20F3NO/c1-3-5-6-18(15-7-10-17(11-8-15)20(21,22)23)16-9-12-19(24-14-16)25-13-4-2/h3,5-12,14H,4,13H2,1-2H3. The van der Waals surface area contributed by atoms with Gasteiger partial charge < -0.3 is 4.74 Å². The maximum absolute atomic E-state index is 12.7. The summed E-state index contributed by atoms with van der Waals surface area (Å²) < 4.78 is 43.7. The predicted octanol–water partition coefficient (Wildman–Crippen LogP) is 5.90. The van der Waals surface area contributed by atoms with Crippen molar-refractivity contribution < 1.29 is 17.9 Å². The highest BCUT2D eigenvalue weighted by Crippen LogP contribution is 2.31. The molecule has 0 radical (unpaired) electrons. The Morgan fingerprint density at radius 3 is 2.28 bits per heavy atom. The van der Waals surface area contributed by atoms with Crippen LogP contribution in [0.4, 0.5) is 13.2 Å². The Morgan fingerprint density at radius 1 is 1.08 bits per heavy atom. The Bertz CT molecular complexity index is 729. The van der Waals surface area contributed by atoms with Crippen molar-refractivity contribution in [2.45, 2.75) is 26.4 Å². The normalized spacial score (nSPS) is 12.6. The van der Waals surface area contributed by atoms with Crippen molar-refractivity contribution in [1.82, 2.24) is 4.98 Å². The number of nitrogens with zero attached hydrogens (tertiary/aromatic N) is 1. The van der Waals surface area contributed by atoms with Gasteiger partial charge in [-0.1, -0.05) is 37.3 Å². The third-order valence-electron chi connectivity index (χ3n) is 3.48. The lowest BCUT2D eigenvalue weighted by Crippen LogP contribution is -2.04. The first-order valence-corrected chi connectivity index (χ1v) is 8.05. The fourth-order valence-electron chi connectivity index (χ4n) is 2.22. The fourth-order valence-corrected chi connectivity index (χ4v) is 2.22. The van der Waals surface area contributed by atoms with Crippen molar-refractivity contribution in [3.8, 4) is 5.88 Å². The van der Waals surface area contributed by atoms with Crippen molar-refractivity contribution >= 4 is 5.57 Å². The molecular formula is C20H20F3NO. The molecule has 0 aliphatic carbocycles. The van der Waals surface area contributed by atoms with Crippen molar-refractivity contribution in [2.75, 3.05) is 6.61 Å². The number of benzene rings is 1. The van der Waals surface area contributed by atoms with Crippen LogP contribution in [0.5, 0.6) is 5.88 Å². The van der Waals surface area contributed by atoms with Crippen LogP contribution in [0.1, 0.15) is 37.0 Å². The van der Waals surface area contributed by atoms with E-state index in [1.54, 1.807) is 12.3 Å². The molecule has 2 nitrogen and oxygen atoms in total. The second-order valence-electron chi connectivity index (χ2n) is 5.41. The van der Waals surface area contributed by atoms with E-state index < -0.39 is 11.7 Å². The molecule has 25 heavy (non-hydrogen) atoms. The first-order valence-electron chi connectivity index (χ1n) is 8.05. The van der Waals surface area contributed by atoms with E-state index in [2.05, 4.69) is 4.98 Å². The average molecular weight is 347 g/mol. The number of alkyl halides is 3. The second kappa shape index (κ2) is 8.51. The van der Waals surface area contributed by atoms with Gasteiger partial charge in [0.2, 0.25) is 5.88 Å². The lowest BCUT2D eigenvalue weighted by molar-refractivity contribution is -0.137. The number of allylic oxidation sites excluding steroid dienone is 3. The lowest BCUT2D eigenvalue weighted by Gasteiger charge is -2.11. The molecule has 1 heterocycles. The van der Waals surface area contributed by atoms with E-state index in [0.29, 0.717) is 18.1 Å². The zero-order chi connectivity index (χ0) is 18.3. The largest absolute Gasteiger partial charge is 0.478 e. The summed E-state index contributed by atoms with van der Waals surface area (Å²) in [6.45, 7) is 4.48. The van der Waals surface area contributed by atoms with E-state index in [1.165, 1.54) is 12.1 Å². The zero-order valence-electron chi connectivity index (χ0n) is 14.2. The molecule has 0 fully saturated rings. The van der Waals surface area contributed by atoms with Gasteiger partial charge in [-0.3, -0.25) is 0 Å². The molecule has 2 rings (SSSR count). The molecule has 1 aromatic carbocycles. The number of halogens is 3. The summed E-state index contributed by atoms with van der Waals surface area (Å²) in [5, 5.41) is 0. The van der Waals surface area contributed by atoms with E-state index in [1.807, 2.05) is 38.1 Å². The highest BCUT2D eigenvalue weighted by molar-refractivity contribution is 5.80. The number of hydrogen-bond donors (Lipinski definition) is 0. The molecule has 0 saturated heterocycles. The minimum atomic E-state index is -4.34. The van der Waals surface area contributed by atoms with Gasteiger partial charge in [-0.25, -0.2) is 4.98 Å². The van der Waals surface area contributed by atoms with Crippen molar-refractivity contribution in [3.63, 3.8) is 0 Å². The highest BCUT2D eigenvalue weighted by atomic mass is 19.4. The summed E-state index contributed by atoms with van der Waals surface area (Å²) >= 11 is 0. The first-order chi connectivity index (χ1) is 12.0. The second-order valence-corrected chi connectivity index (χ2v) is 5.41. The summed E-state index contributed by atoms with van der Waals surface area (Å²) in [4.78, 5) is 4.26. The summed E-state index contributed by atoms with van der Waals surface area (Å²) in [6, 6.07) is 8.73. The topological polar surface area (TPSA) is 22.1 Å². The molecule has 0 N–H and O–H groups in total. The van der Waals surface area contributed by atoms with Crippen molar-refractivity contribution in [3.05, 3.63) is 77.5 Å². The molecule has 0 aliphatic heterocycles. The van der Waals surface area contributed by atoms with Crippen LogP contribution in [-0.4, -0.2) is 11.6 Å². The summed E-state index contributed by atoms with van der Waals surface area (Å²) in [7, 11) is 0. The molecule has 132 valence electrons. The molecule has 0 spiro atoms. The Labute approximate surface area is 145 Å². The van der Waals surface area contributed by atoms with Gasteiger partial charge >= 0.3 is 6.18 Å². The van der Waals surface area contributed by atoms with Gasteiger partial charge in [-0.05, 0) is 42.7 Å². The van der Waals surface area contributed by atoms with Gasteiger partial charge in [0.15, 0.2) is 0 Å². The first kappa shape index (κ1) is 18.8. The van der Waals surface area contributed by atoms with Crippen LogP contribution in [-0.2, 0) is 6.18 Å². The molecule has 0 unspecified atom stereocenters. The highest BCUT2D eigenvalue weighted by Gasteiger charge is 2.30. The molecule has 5 heteroatoms. The SMILES string of the molecule is CC=CC=C(c1ccc(C(F)(F)F)cc1)c1ccc(OCCC)nc1. The summed E-state index contributed by atoms with van der Waals surface area (Å²) in [5.74, 6) is 0.531. The number of hydrogen-bond acceptors (Lipinski definition) is 2. The summed E-state index contributed by atoms with van der Waals surface area (Å²) in [6.07, 6.45) is 3.77. The number of pyridine rings is 1. The third-order valence-corrected chi connectivity index (χ3v) is 3.48. The smallest absolute Gasteiger partial charge is 0.416 e. The number of aromatic nitrogens is 1. The Kier molecular flexibility index (Phi) is 6.39. The molecule has 0 saturated carbocycles. The lowest BCUT2D eigenvalue weighted by atomic mass is 9.97. The van der Waals surface area contributed by atoms with Gasteiger partial charge in [-0.15, -0.1) is 0 Å². The van der Waals surface area contributed by atoms with Crippen LogP contribution >= 0.6 is 0 Å². The van der Waals surface area contributed by atoms with Crippen LogP contribution < -0.4 is 4.74 Å². The summed E-state index contributed by atoms with van der Waals surface area (Å²) in [5.41, 5.74) is 1.63. The maximum atomic E-state index is 12.7. The molecule has 0 atom stereocenters. The Hall–Kier alpha value is -2.56. The monoisotopic (exact) mass is 347 g/mol. The molecule has 1 aromatic heterocycles. The average Bonchev–Trinajstić information content (AvgIpc) is 2.61. The molecule has 0 bridgehead atoms. The van der Waals surface area contributed by atoms with E-state index in [0.717, 1.165) is 29.7 Å². The van der Waals surface area contributed by atoms with Gasteiger partial charge in [-0.2, -0.15) is 13.2 Å². The van der Waals surface area contributed by atoms with Gasteiger partial charge in [0.25, 0.3) is 0 Å². The predicted molar refractivity (Wildman–Crippen MR) is 93.4 cm³/mol. The number of ether oxygens (including phenoxy) is 1. The minimum absolute atomic E-state index is 0.531. The van der Waals surface area contributed by atoms with Crippen LogP contribution in [0, 0.1) is 0 Å². The van der Waals surface area contributed by atoms with E-state index in [4.69, 9.17) is 4.74 Å². The van der Waals surface area contributed by atoms with Crippen molar-refractivity contribution in [2.24, 2.45) is 0 Å². The van der Waals surface area contributed by atoms with E-state index >= 15 is 0 Å². The Balaban J connectivity index is 2.33. The van der Waals surface area contributed by atoms with Gasteiger partial charge in [0.1, 0.15) is 0 Å². The molecule has 0 amide bonds. The van der Waals surface area contributed by atoms with Crippen LogP contribution in [0.3, 0.4) is 0 Å². The molecular weight excluding hydrogens is 327 g/mol. The quantitative estimate of drug-likeness (QED) is 0.607. The van der Waals surface area contributed by atoms with Crippen LogP contribution in [0.2, 0.25) is 0 Å². The van der Waals surface area contributed by atoms with Crippen molar-refractivity contribution in [1.29, 1.82) is 0 Å². The van der Waals surface area contributed by atoms with Gasteiger partial charge in [0.05, 0.1) is 12.2 Å². The van der Waals surface area contributed by atoms with E-state index in [9.17, 15) is 13.2 Å². The Morgan fingerprint density at radius 2 is 1.76 bits per heavy atom. The third kappa shape index (κ3) is 5.21. The fraction of sp³-hybridized carbons (Fsp3) is 0.250.